The van der Waals surface area contributed by atoms with Gasteiger partial charge < -0.3 is 5.73 Å². The third kappa shape index (κ3) is 2.97. The van der Waals surface area contributed by atoms with E-state index in [1.807, 2.05) is 24.1 Å². The largest absolute Gasteiger partial charge is 0.398 e. The van der Waals surface area contributed by atoms with Crippen molar-refractivity contribution >= 4 is 11.6 Å². The lowest BCUT2D eigenvalue weighted by Crippen LogP contribution is -2.45. The van der Waals surface area contributed by atoms with E-state index in [0.29, 0.717) is 11.3 Å². The number of amides is 1. The normalized spacial score (nSPS) is 16.8. The lowest BCUT2D eigenvalue weighted by Gasteiger charge is -2.27. The molecule has 0 radical (unpaired) electrons. The summed E-state index contributed by atoms with van der Waals surface area (Å²) >= 11 is 0. The Morgan fingerprint density at radius 3 is 2.65 bits per heavy atom. The molecule has 0 atom stereocenters. The van der Waals surface area contributed by atoms with Gasteiger partial charge in [0.25, 0.3) is 5.91 Å². The Morgan fingerprint density at radius 2 is 2.00 bits per heavy atom. The first-order valence-corrected chi connectivity index (χ1v) is 6.09. The Hall–Kier alpha value is -1.55. The Bertz CT molecular complexity index is 411. The van der Waals surface area contributed by atoms with Gasteiger partial charge in [-0.05, 0) is 37.5 Å². The predicted octanol–water partition coefficient (Wildman–Crippen LogP) is 1.71. The highest BCUT2D eigenvalue weighted by Crippen LogP contribution is 2.14. The molecular formula is C13H19N3O. The first-order valence-electron chi connectivity index (χ1n) is 6.09. The van der Waals surface area contributed by atoms with E-state index in [1.165, 1.54) is 6.42 Å². The van der Waals surface area contributed by atoms with Crippen LogP contribution in [-0.4, -0.2) is 24.0 Å². The molecule has 1 fully saturated rings. The van der Waals surface area contributed by atoms with Crippen LogP contribution in [0.25, 0.3) is 0 Å². The number of piperidine rings is 1. The minimum absolute atomic E-state index is 0.107. The molecule has 3 N–H and O–H groups in total. The monoisotopic (exact) mass is 233 g/mol. The quantitative estimate of drug-likeness (QED) is 0.764. The van der Waals surface area contributed by atoms with Gasteiger partial charge in [-0.2, -0.15) is 0 Å². The number of benzene rings is 1. The zero-order valence-electron chi connectivity index (χ0n) is 10.2. The predicted molar refractivity (Wildman–Crippen MR) is 68.5 cm³/mol. The number of nitrogens with two attached hydrogens (primary N) is 1. The summed E-state index contributed by atoms with van der Waals surface area (Å²) in [7, 11) is 0. The molecule has 0 saturated carbocycles. The van der Waals surface area contributed by atoms with Gasteiger partial charge in [-0.15, -0.1) is 0 Å². The van der Waals surface area contributed by atoms with Gasteiger partial charge in [0.15, 0.2) is 0 Å². The van der Waals surface area contributed by atoms with Gasteiger partial charge in [-0.1, -0.05) is 12.5 Å². The fraction of sp³-hybridized carbons (Fsp3) is 0.462. The van der Waals surface area contributed by atoms with Crippen molar-refractivity contribution in [2.75, 3.05) is 18.8 Å². The van der Waals surface area contributed by atoms with E-state index in [4.69, 9.17) is 5.73 Å². The van der Waals surface area contributed by atoms with Gasteiger partial charge in [0, 0.05) is 18.8 Å². The molecule has 0 spiro atoms. The van der Waals surface area contributed by atoms with Crippen LogP contribution >= 0.6 is 0 Å². The van der Waals surface area contributed by atoms with Crippen molar-refractivity contribution in [3.8, 4) is 0 Å². The summed E-state index contributed by atoms with van der Waals surface area (Å²) in [6.07, 6.45) is 3.53. The number of hydrogen-bond donors (Lipinski definition) is 2. The Morgan fingerprint density at radius 1 is 1.29 bits per heavy atom. The average molecular weight is 233 g/mol. The molecule has 1 amide bonds. The van der Waals surface area contributed by atoms with Crippen molar-refractivity contribution in [1.82, 2.24) is 10.4 Å². The lowest BCUT2D eigenvalue weighted by atomic mass is 10.1. The molecule has 0 aromatic heterocycles. The number of hydrogen-bond acceptors (Lipinski definition) is 3. The van der Waals surface area contributed by atoms with Crippen LogP contribution in [0.5, 0.6) is 0 Å². The van der Waals surface area contributed by atoms with Crippen molar-refractivity contribution in [3.63, 3.8) is 0 Å². The molecular weight excluding hydrogens is 214 g/mol. The van der Waals surface area contributed by atoms with Gasteiger partial charge in [-0.25, -0.2) is 5.01 Å². The van der Waals surface area contributed by atoms with Crippen LogP contribution in [0.15, 0.2) is 18.2 Å². The molecule has 2 rings (SSSR count). The summed E-state index contributed by atoms with van der Waals surface area (Å²) in [5, 5.41) is 1.98. The van der Waals surface area contributed by atoms with Crippen LogP contribution in [-0.2, 0) is 0 Å². The molecule has 92 valence electrons. The molecule has 1 aromatic carbocycles. The van der Waals surface area contributed by atoms with Crippen LogP contribution in [0.2, 0.25) is 0 Å². The molecule has 0 bridgehead atoms. The van der Waals surface area contributed by atoms with Gasteiger partial charge in [0.2, 0.25) is 0 Å². The highest BCUT2D eigenvalue weighted by Gasteiger charge is 2.15. The number of rotatable bonds is 2. The van der Waals surface area contributed by atoms with Crippen LogP contribution < -0.4 is 11.2 Å². The number of nitrogen functional groups attached to an aromatic ring is 1. The fourth-order valence-electron chi connectivity index (χ4n) is 2.10. The number of hydrazine groups is 1. The molecule has 1 saturated heterocycles. The van der Waals surface area contributed by atoms with Crippen LogP contribution in [0, 0.1) is 6.92 Å². The number of nitrogens with one attached hydrogen (secondary N) is 1. The van der Waals surface area contributed by atoms with Crippen molar-refractivity contribution in [2.45, 2.75) is 26.2 Å². The van der Waals surface area contributed by atoms with Crippen molar-refractivity contribution in [2.24, 2.45) is 0 Å². The summed E-state index contributed by atoms with van der Waals surface area (Å²) < 4.78 is 0. The number of carbonyl (C=O) groups excluding carboxylic acids is 1. The Kier molecular flexibility index (Phi) is 3.64. The molecule has 17 heavy (non-hydrogen) atoms. The standard InChI is InChI=1S/C13H19N3O/c1-10-5-6-11(12(14)9-10)13(17)15-16-7-3-2-4-8-16/h5-6,9H,2-4,7-8,14H2,1H3,(H,15,17). The third-order valence-corrected chi connectivity index (χ3v) is 3.07. The van der Waals surface area contributed by atoms with E-state index >= 15 is 0 Å². The minimum Gasteiger partial charge on any atom is -0.398 e. The second-order valence-corrected chi connectivity index (χ2v) is 4.58. The van der Waals surface area contributed by atoms with E-state index in [0.717, 1.165) is 31.5 Å². The zero-order valence-corrected chi connectivity index (χ0v) is 10.2. The van der Waals surface area contributed by atoms with Gasteiger partial charge in [0.05, 0.1) is 5.56 Å². The van der Waals surface area contributed by atoms with Crippen LogP contribution in [0.4, 0.5) is 5.69 Å². The lowest BCUT2D eigenvalue weighted by molar-refractivity contribution is 0.0751. The van der Waals surface area contributed by atoms with Crippen LogP contribution in [0.3, 0.4) is 0 Å². The maximum absolute atomic E-state index is 12.0. The average Bonchev–Trinajstić information content (AvgIpc) is 2.30. The number of carbonyl (C=O) groups is 1. The van der Waals surface area contributed by atoms with E-state index in [2.05, 4.69) is 5.43 Å². The van der Waals surface area contributed by atoms with Crippen molar-refractivity contribution in [1.29, 1.82) is 0 Å². The second-order valence-electron chi connectivity index (χ2n) is 4.58. The van der Waals surface area contributed by atoms with Gasteiger partial charge in [0.1, 0.15) is 0 Å². The van der Waals surface area contributed by atoms with Crippen molar-refractivity contribution < 1.29 is 4.79 Å². The first-order chi connectivity index (χ1) is 8.16. The van der Waals surface area contributed by atoms with E-state index in [-0.39, 0.29) is 5.91 Å². The molecule has 1 heterocycles. The van der Waals surface area contributed by atoms with Gasteiger partial charge >= 0.3 is 0 Å². The highest BCUT2D eigenvalue weighted by atomic mass is 16.2. The first kappa shape index (κ1) is 11.9. The highest BCUT2D eigenvalue weighted by molar-refractivity contribution is 5.98. The second kappa shape index (κ2) is 5.19. The molecule has 1 aromatic rings. The van der Waals surface area contributed by atoms with Crippen molar-refractivity contribution in [3.05, 3.63) is 29.3 Å². The minimum atomic E-state index is -0.107. The zero-order chi connectivity index (χ0) is 12.3. The van der Waals surface area contributed by atoms with E-state index in [1.54, 1.807) is 6.07 Å². The molecule has 4 heteroatoms. The molecule has 4 nitrogen and oxygen atoms in total. The molecule has 1 aliphatic rings. The number of aryl methyl sites for hydroxylation is 1. The van der Waals surface area contributed by atoms with Gasteiger partial charge in [-0.3, -0.25) is 10.2 Å². The smallest absolute Gasteiger partial charge is 0.267 e. The summed E-state index contributed by atoms with van der Waals surface area (Å²) in [5.41, 5.74) is 10.9. The maximum atomic E-state index is 12.0. The molecule has 1 aliphatic heterocycles. The van der Waals surface area contributed by atoms with Crippen LogP contribution in [0.1, 0.15) is 35.2 Å². The molecule has 0 unspecified atom stereocenters. The fourth-order valence-corrected chi connectivity index (χ4v) is 2.10. The van der Waals surface area contributed by atoms with E-state index < -0.39 is 0 Å². The summed E-state index contributed by atoms with van der Waals surface area (Å²) in [6, 6.07) is 5.51. The topological polar surface area (TPSA) is 58.4 Å². The number of nitrogens with zero attached hydrogens (tertiary/aromatic N) is 1. The summed E-state index contributed by atoms with van der Waals surface area (Å²) in [6.45, 7) is 3.82. The maximum Gasteiger partial charge on any atom is 0.267 e. The summed E-state index contributed by atoms with van der Waals surface area (Å²) in [4.78, 5) is 12.0. The molecule has 0 aliphatic carbocycles. The Balaban J connectivity index is 2.03. The van der Waals surface area contributed by atoms with E-state index in [9.17, 15) is 4.79 Å². The third-order valence-electron chi connectivity index (χ3n) is 3.07. The Labute approximate surface area is 102 Å². The number of anilines is 1. The SMILES string of the molecule is Cc1ccc(C(=O)NN2CCCCC2)c(N)c1. The summed E-state index contributed by atoms with van der Waals surface area (Å²) in [5.74, 6) is -0.107.